The quantitative estimate of drug-likeness (QED) is 0.524. The zero-order valence-electron chi connectivity index (χ0n) is 18.8. The first-order chi connectivity index (χ1) is 17.5. The number of hydrogen-bond donors (Lipinski definition) is 0. The van der Waals surface area contributed by atoms with Crippen LogP contribution in [0.4, 0.5) is 5.82 Å². The molecule has 9 heteroatoms. The van der Waals surface area contributed by atoms with E-state index in [-0.39, 0.29) is 33.8 Å². The van der Waals surface area contributed by atoms with Crippen LogP contribution in [0.3, 0.4) is 0 Å². The number of hydrogen-bond acceptors (Lipinski definition) is 9. The minimum absolute atomic E-state index is 0.00791. The monoisotopic (exact) mass is 470 g/mol. The summed E-state index contributed by atoms with van der Waals surface area (Å²) in [5.41, 5.74) is 1.44. The van der Waals surface area contributed by atoms with Crippen molar-refractivity contribution in [3.8, 4) is 12.1 Å². The van der Waals surface area contributed by atoms with Gasteiger partial charge in [-0.1, -0.05) is 17.7 Å². The molecule has 36 heavy (non-hydrogen) atoms. The lowest BCUT2D eigenvalue weighted by atomic mass is 9.77. The highest BCUT2D eigenvalue weighted by molar-refractivity contribution is 6.20. The van der Waals surface area contributed by atoms with Crippen LogP contribution < -0.4 is 5.43 Å². The standard InChI is InChI=1S/C27H14N6O3/c1-14-5-6-21-17(8-14)25(34)20(13-36-21)23-18(10-28)16-9-15-12-30-33-7-3-2-4-22(33)31-27(15)32-24(16)26(35)19(23)11-29/h2-9,12-13,19H,1H3. The van der Waals surface area contributed by atoms with Gasteiger partial charge in [-0.2, -0.15) is 15.6 Å². The van der Waals surface area contributed by atoms with E-state index >= 15 is 0 Å². The summed E-state index contributed by atoms with van der Waals surface area (Å²) >= 11 is 0. The Morgan fingerprint density at radius 1 is 1.11 bits per heavy atom. The van der Waals surface area contributed by atoms with Crippen molar-refractivity contribution in [2.24, 2.45) is 16.0 Å². The Balaban J connectivity index is 1.63. The van der Waals surface area contributed by atoms with Crippen molar-refractivity contribution in [2.75, 3.05) is 0 Å². The SMILES string of the molecule is Cc1ccc2occ(C3=C(C#N)c4cc5c(nc4C(=O)C3C#N)N=C3C=CC=CN3N=C5)c(=O)c2c1. The lowest BCUT2D eigenvalue weighted by molar-refractivity contribution is 0.0965. The molecule has 9 nitrogen and oxygen atoms in total. The first-order valence-electron chi connectivity index (χ1n) is 10.9. The van der Waals surface area contributed by atoms with Gasteiger partial charge in [0, 0.05) is 22.9 Å². The minimum Gasteiger partial charge on any atom is -0.463 e. The van der Waals surface area contributed by atoms with Crippen molar-refractivity contribution < 1.29 is 9.21 Å². The van der Waals surface area contributed by atoms with E-state index in [1.807, 2.05) is 19.1 Å². The molecule has 170 valence electrons. The Bertz CT molecular complexity index is 1820. The number of rotatable bonds is 1. The Hall–Kier alpha value is -5.41. The van der Waals surface area contributed by atoms with Gasteiger partial charge >= 0.3 is 0 Å². The van der Waals surface area contributed by atoms with Crippen LogP contribution in [0.15, 0.2) is 74.3 Å². The number of carbonyl (C=O) groups excluding carboxylic acids is 1. The predicted octanol–water partition coefficient (Wildman–Crippen LogP) is 4.03. The van der Waals surface area contributed by atoms with E-state index in [2.05, 4.69) is 21.1 Å². The average Bonchev–Trinajstić information content (AvgIpc) is 3.07. The van der Waals surface area contributed by atoms with Gasteiger partial charge in [0.2, 0.25) is 5.78 Å². The molecule has 0 N–H and O–H groups in total. The van der Waals surface area contributed by atoms with Crippen molar-refractivity contribution in [1.29, 1.82) is 10.5 Å². The second-order valence-corrected chi connectivity index (χ2v) is 8.36. The number of pyridine rings is 1. The number of nitriles is 2. The molecule has 6 rings (SSSR count). The second-order valence-electron chi connectivity index (χ2n) is 8.36. The number of Topliss-reactive ketones (excluding diaryl/α,β-unsaturated/α-hetero) is 1. The molecule has 0 radical (unpaired) electrons. The van der Waals surface area contributed by atoms with Gasteiger partial charge in [-0.3, -0.25) is 9.59 Å². The summed E-state index contributed by atoms with van der Waals surface area (Å²) in [6.45, 7) is 1.84. The third-order valence-electron chi connectivity index (χ3n) is 6.17. The highest BCUT2D eigenvalue weighted by Gasteiger charge is 2.39. The molecule has 0 saturated carbocycles. The number of aryl methyl sites for hydroxylation is 1. The predicted molar refractivity (Wildman–Crippen MR) is 132 cm³/mol. The van der Waals surface area contributed by atoms with E-state index in [4.69, 9.17) is 4.42 Å². The molecular weight excluding hydrogens is 456 g/mol. The number of aromatic nitrogens is 1. The first kappa shape index (κ1) is 21.1. The molecule has 1 unspecified atom stereocenters. The smallest absolute Gasteiger partial charge is 0.203 e. The van der Waals surface area contributed by atoms with Gasteiger partial charge in [-0.25, -0.2) is 15.0 Å². The van der Waals surface area contributed by atoms with Crippen LogP contribution in [0.1, 0.15) is 32.7 Å². The molecule has 4 heterocycles. The fourth-order valence-corrected chi connectivity index (χ4v) is 4.45. The average molecular weight is 470 g/mol. The van der Waals surface area contributed by atoms with E-state index in [0.29, 0.717) is 22.4 Å². The second kappa shape index (κ2) is 7.83. The van der Waals surface area contributed by atoms with Gasteiger partial charge in [0.1, 0.15) is 29.5 Å². The maximum Gasteiger partial charge on any atom is 0.203 e. The van der Waals surface area contributed by atoms with Crippen LogP contribution in [-0.4, -0.2) is 27.8 Å². The molecule has 1 aliphatic carbocycles. The van der Waals surface area contributed by atoms with Crippen molar-refractivity contribution in [1.82, 2.24) is 9.99 Å². The molecule has 0 bridgehead atoms. The maximum absolute atomic E-state index is 13.5. The molecule has 3 aliphatic rings. The van der Waals surface area contributed by atoms with Crippen molar-refractivity contribution >= 4 is 45.8 Å². The zero-order chi connectivity index (χ0) is 25.0. The van der Waals surface area contributed by atoms with Gasteiger partial charge in [0.15, 0.2) is 17.1 Å². The van der Waals surface area contributed by atoms with Crippen LogP contribution in [0.2, 0.25) is 0 Å². The van der Waals surface area contributed by atoms with Gasteiger partial charge < -0.3 is 4.42 Å². The fraction of sp³-hybridized carbons (Fsp3) is 0.0741. The van der Waals surface area contributed by atoms with Gasteiger partial charge in [-0.05, 0) is 37.3 Å². The van der Waals surface area contributed by atoms with E-state index in [1.54, 1.807) is 47.6 Å². The first-order valence-corrected chi connectivity index (χ1v) is 10.9. The van der Waals surface area contributed by atoms with Gasteiger partial charge in [0.05, 0.1) is 28.8 Å². The van der Waals surface area contributed by atoms with Gasteiger partial charge in [0.25, 0.3) is 0 Å². The van der Waals surface area contributed by atoms with Crippen LogP contribution in [-0.2, 0) is 0 Å². The summed E-state index contributed by atoms with van der Waals surface area (Å²) in [5, 5.41) is 26.4. The Morgan fingerprint density at radius 3 is 2.78 bits per heavy atom. The third kappa shape index (κ3) is 3.04. The van der Waals surface area contributed by atoms with E-state index in [0.717, 1.165) is 5.56 Å². The van der Waals surface area contributed by atoms with Crippen molar-refractivity contribution in [3.63, 3.8) is 0 Å². The summed E-state index contributed by atoms with van der Waals surface area (Å²) in [7, 11) is 0. The van der Waals surface area contributed by atoms with Crippen LogP contribution in [0.5, 0.6) is 0 Å². The molecule has 0 spiro atoms. The highest BCUT2D eigenvalue weighted by Crippen LogP contribution is 2.40. The number of ketones is 1. The number of amidine groups is 1. The van der Waals surface area contributed by atoms with Crippen LogP contribution in [0.25, 0.3) is 22.1 Å². The summed E-state index contributed by atoms with van der Waals surface area (Å²) < 4.78 is 5.66. The van der Waals surface area contributed by atoms with E-state index in [9.17, 15) is 20.1 Å². The lowest BCUT2D eigenvalue weighted by Gasteiger charge is -2.22. The number of nitrogens with zero attached hydrogens (tertiary/aromatic N) is 6. The highest BCUT2D eigenvalue weighted by atomic mass is 16.3. The normalized spacial score (nSPS) is 17.6. The van der Waals surface area contributed by atoms with E-state index < -0.39 is 17.1 Å². The minimum atomic E-state index is -1.41. The number of fused-ring (bicyclic) bond motifs is 4. The molecule has 0 saturated heterocycles. The number of carbonyl (C=O) groups is 1. The molecule has 0 fully saturated rings. The molecule has 3 aromatic rings. The fourth-order valence-electron chi connectivity index (χ4n) is 4.45. The van der Waals surface area contributed by atoms with E-state index in [1.165, 1.54) is 12.5 Å². The van der Waals surface area contributed by atoms with Gasteiger partial charge in [-0.15, -0.1) is 0 Å². The summed E-state index contributed by atoms with van der Waals surface area (Å²) in [6, 6.07) is 10.8. The van der Waals surface area contributed by atoms with Crippen molar-refractivity contribution in [2.45, 2.75) is 6.92 Å². The molecule has 1 aromatic carbocycles. The maximum atomic E-state index is 13.5. The largest absolute Gasteiger partial charge is 0.463 e. The molecule has 2 aromatic heterocycles. The Kier molecular flexibility index (Phi) is 4.60. The van der Waals surface area contributed by atoms with Crippen LogP contribution in [0, 0.1) is 35.5 Å². The number of benzene rings is 1. The van der Waals surface area contributed by atoms with Crippen LogP contribution >= 0.6 is 0 Å². The summed E-state index contributed by atoms with van der Waals surface area (Å²) in [4.78, 5) is 35.9. The number of allylic oxidation sites excluding steroid dienone is 4. The molecular formula is C27H14N6O3. The molecule has 2 aliphatic heterocycles. The third-order valence-corrected chi connectivity index (χ3v) is 6.17. The Morgan fingerprint density at radius 2 is 1.97 bits per heavy atom. The number of aliphatic imine (C=N–C) groups is 1. The number of hydrazone groups is 1. The molecule has 0 amide bonds. The Labute approximate surface area is 203 Å². The summed E-state index contributed by atoms with van der Waals surface area (Å²) in [6.07, 6.45) is 9.79. The molecule has 1 atom stereocenters. The summed E-state index contributed by atoms with van der Waals surface area (Å²) in [5.74, 6) is -1.29. The topological polar surface area (TPSA) is 136 Å². The lowest BCUT2D eigenvalue weighted by Crippen LogP contribution is -2.26. The zero-order valence-corrected chi connectivity index (χ0v) is 18.8. The van der Waals surface area contributed by atoms with Crippen molar-refractivity contribution in [3.05, 3.63) is 93.1 Å².